The topological polar surface area (TPSA) is 66.6 Å². The van der Waals surface area contributed by atoms with Gasteiger partial charge in [-0.3, -0.25) is 9.59 Å². The second-order valence-corrected chi connectivity index (χ2v) is 8.56. The third-order valence-corrected chi connectivity index (χ3v) is 6.27. The second-order valence-electron chi connectivity index (χ2n) is 8.13. The molecule has 0 saturated carbocycles. The summed E-state index contributed by atoms with van der Waals surface area (Å²) in [6, 6.07) is 7.28. The summed E-state index contributed by atoms with van der Waals surface area (Å²) in [6.07, 6.45) is 5.13. The molecule has 1 atom stereocenters. The van der Waals surface area contributed by atoms with E-state index >= 15 is 0 Å². The van der Waals surface area contributed by atoms with Crippen LogP contribution in [0.1, 0.15) is 51.0 Å². The Hall–Kier alpha value is -1.30. The molecule has 2 fully saturated rings. The molecule has 0 aliphatic carbocycles. The smallest absolute Gasteiger partial charge is 0.239 e. The van der Waals surface area contributed by atoms with Crippen LogP contribution in [0.2, 0.25) is 5.02 Å². The van der Waals surface area contributed by atoms with Crippen molar-refractivity contribution in [1.29, 1.82) is 0 Å². The van der Waals surface area contributed by atoms with Gasteiger partial charge in [-0.05, 0) is 37.0 Å². The highest BCUT2D eigenvalue weighted by Crippen LogP contribution is 2.41. The lowest BCUT2D eigenvalue weighted by atomic mass is 9.77. The minimum absolute atomic E-state index is 0. The molecule has 156 valence electrons. The van der Waals surface area contributed by atoms with Crippen molar-refractivity contribution < 1.29 is 9.59 Å². The van der Waals surface area contributed by atoms with Crippen molar-refractivity contribution in [3.63, 3.8) is 0 Å². The van der Waals surface area contributed by atoms with E-state index < -0.39 is 0 Å². The number of unbranched alkanes of at least 4 members (excludes halogenated alkanes) is 1. The zero-order chi connectivity index (χ0) is 19.4. The Balaban J connectivity index is 0.00000280. The maximum absolute atomic E-state index is 12.6. The predicted molar refractivity (Wildman–Crippen MR) is 114 cm³/mol. The molecule has 7 heteroatoms. The van der Waals surface area contributed by atoms with E-state index in [1.807, 2.05) is 34.1 Å². The van der Waals surface area contributed by atoms with Gasteiger partial charge >= 0.3 is 0 Å². The van der Waals surface area contributed by atoms with E-state index in [0.29, 0.717) is 31.1 Å². The van der Waals surface area contributed by atoms with Crippen molar-refractivity contribution >= 4 is 35.8 Å². The van der Waals surface area contributed by atoms with Crippen LogP contribution in [0.25, 0.3) is 0 Å². The van der Waals surface area contributed by atoms with Crippen molar-refractivity contribution in [3.8, 4) is 0 Å². The van der Waals surface area contributed by atoms with Crippen molar-refractivity contribution in [3.05, 3.63) is 34.9 Å². The van der Waals surface area contributed by atoms with Gasteiger partial charge in [0.15, 0.2) is 0 Å². The van der Waals surface area contributed by atoms with E-state index in [1.165, 1.54) is 0 Å². The quantitative estimate of drug-likeness (QED) is 0.753. The normalized spacial score (nSPS) is 19.6. The Bertz CT molecular complexity index is 673. The SMILES string of the molecule is CCCC[C@H](N)C(=O)N1CCC2(CC1)CC(=O)N(Cc1ccc(Cl)cc1)C2.Cl. The molecule has 1 aromatic carbocycles. The summed E-state index contributed by atoms with van der Waals surface area (Å²) in [4.78, 5) is 28.9. The Labute approximate surface area is 179 Å². The number of benzene rings is 1. The first-order valence-corrected chi connectivity index (χ1v) is 10.4. The molecular formula is C21H31Cl2N3O2. The average Bonchev–Trinajstić information content (AvgIpc) is 2.96. The number of carbonyl (C=O) groups excluding carboxylic acids is 2. The zero-order valence-electron chi connectivity index (χ0n) is 16.5. The van der Waals surface area contributed by atoms with E-state index in [9.17, 15) is 9.59 Å². The molecule has 28 heavy (non-hydrogen) atoms. The third kappa shape index (κ3) is 5.40. The fourth-order valence-corrected chi connectivity index (χ4v) is 4.38. The molecule has 1 aromatic rings. The van der Waals surface area contributed by atoms with E-state index in [4.69, 9.17) is 17.3 Å². The Morgan fingerprint density at radius 2 is 1.89 bits per heavy atom. The van der Waals surface area contributed by atoms with Crippen molar-refractivity contribution in [2.24, 2.45) is 11.1 Å². The number of nitrogens with two attached hydrogens (primary N) is 1. The largest absolute Gasteiger partial charge is 0.341 e. The number of hydrogen-bond donors (Lipinski definition) is 1. The van der Waals surface area contributed by atoms with E-state index in [0.717, 1.165) is 44.2 Å². The average molecular weight is 428 g/mol. The van der Waals surface area contributed by atoms with Crippen LogP contribution in [-0.4, -0.2) is 47.3 Å². The van der Waals surface area contributed by atoms with Crippen molar-refractivity contribution in [1.82, 2.24) is 9.80 Å². The minimum atomic E-state index is -0.384. The van der Waals surface area contributed by atoms with Crippen LogP contribution in [0, 0.1) is 5.41 Å². The van der Waals surface area contributed by atoms with Gasteiger partial charge in [-0.1, -0.05) is 43.5 Å². The highest BCUT2D eigenvalue weighted by molar-refractivity contribution is 6.30. The van der Waals surface area contributed by atoms with Gasteiger partial charge in [-0.2, -0.15) is 0 Å². The Morgan fingerprint density at radius 3 is 2.50 bits per heavy atom. The standard InChI is InChI=1S/C21H30ClN3O2.ClH/c1-2-3-4-18(23)20(27)24-11-9-21(10-12-24)13-19(26)25(15-21)14-16-5-7-17(22)8-6-16;/h5-8,18H,2-4,9-15,23H2,1H3;1H/t18-;/m0./s1. The van der Waals surface area contributed by atoms with E-state index in [2.05, 4.69) is 6.92 Å². The summed E-state index contributed by atoms with van der Waals surface area (Å²) in [7, 11) is 0. The number of hydrogen-bond acceptors (Lipinski definition) is 3. The highest BCUT2D eigenvalue weighted by Gasteiger charge is 2.45. The molecule has 3 rings (SSSR count). The Kier molecular flexibility index (Phi) is 8.17. The van der Waals surface area contributed by atoms with Gasteiger partial charge in [-0.15, -0.1) is 12.4 Å². The van der Waals surface area contributed by atoms with Crippen LogP contribution in [0.4, 0.5) is 0 Å². The summed E-state index contributed by atoms with van der Waals surface area (Å²) in [5.74, 6) is 0.282. The first-order valence-electron chi connectivity index (χ1n) is 9.99. The lowest BCUT2D eigenvalue weighted by Gasteiger charge is -2.39. The van der Waals surface area contributed by atoms with Gasteiger partial charge in [0, 0.05) is 43.0 Å². The summed E-state index contributed by atoms with van der Waals surface area (Å²) in [5.41, 5.74) is 7.16. The molecule has 2 heterocycles. The molecule has 0 aromatic heterocycles. The molecule has 0 radical (unpaired) electrons. The maximum atomic E-state index is 12.6. The fourth-order valence-electron chi connectivity index (χ4n) is 4.25. The van der Waals surface area contributed by atoms with Crippen LogP contribution >= 0.6 is 24.0 Å². The maximum Gasteiger partial charge on any atom is 0.239 e. The number of piperidine rings is 1. The number of rotatable bonds is 6. The molecular weight excluding hydrogens is 397 g/mol. The molecule has 5 nitrogen and oxygen atoms in total. The van der Waals surface area contributed by atoms with Crippen LogP contribution in [0.15, 0.2) is 24.3 Å². The molecule has 0 unspecified atom stereocenters. The summed E-state index contributed by atoms with van der Waals surface area (Å²) < 4.78 is 0. The highest BCUT2D eigenvalue weighted by atomic mass is 35.5. The molecule has 1 spiro atoms. The first-order chi connectivity index (χ1) is 12.9. The summed E-state index contributed by atoms with van der Waals surface area (Å²) in [6.45, 7) is 4.93. The third-order valence-electron chi connectivity index (χ3n) is 6.01. The van der Waals surface area contributed by atoms with Gasteiger partial charge in [0.1, 0.15) is 0 Å². The predicted octanol–water partition coefficient (Wildman–Crippen LogP) is 3.62. The number of amides is 2. The van der Waals surface area contributed by atoms with Crippen LogP contribution < -0.4 is 5.73 Å². The Morgan fingerprint density at radius 1 is 1.25 bits per heavy atom. The van der Waals surface area contributed by atoms with E-state index in [1.54, 1.807) is 0 Å². The van der Waals surface area contributed by atoms with Gasteiger partial charge in [0.05, 0.1) is 6.04 Å². The van der Waals surface area contributed by atoms with Crippen LogP contribution in [0.5, 0.6) is 0 Å². The molecule has 2 aliphatic heterocycles. The second kappa shape index (κ2) is 9.95. The van der Waals surface area contributed by atoms with Crippen LogP contribution in [-0.2, 0) is 16.1 Å². The number of halogens is 2. The van der Waals surface area contributed by atoms with Crippen LogP contribution in [0.3, 0.4) is 0 Å². The van der Waals surface area contributed by atoms with Gasteiger partial charge in [0.2, 0.25) is 11.8 Å². The number of nitrogens with zero attached hydrogens (tertiary/aromatic N) is 2. The van der Waals surface area contributed by atoms with Gasteiger partial charge < -0.3 is 15.5 Å². The first kappa shape index (κ1) is 23.0. The van der Waals surface area contributed by atoms with E-state index in [-0.39, 0.29) is 35.7 Å². The molecule has 2 aliphatic rings. The minimum Gasteiger partial charge on any atom is -0.341 e. The molecule has 0 bridgehead atoms. The summed E-state index contributed by atoms with van der Waals surface area (Å²) in [5, 5.41) is 0.706. The van der Waals surface area contributed by atoms with Gasteiger partial charge in [0.25, 0.3) is 0 Å². The molecule has 2 N–H and O–H groups in total. The zero-order valence-corrected chi connectivity index (χ0v) is 18.1. The summed E-state index contributed by atoms with van der Waals surface area (Å²) >= 11 is 5.94. The fraction of sp³-hybridized carbons (Fsp3) is 0.619. The number of carbonyl (C=O) groups is 2. The monoisotopic (exact) mass is 427 g/mol. The lowest BCUT2D eigenvalue weighted by molar-refractivity contribution is -0.135. The van der Waals surface area contributed by atoms with Crippen molar-refractivity contribution in [2.45, 2.75) is 58.0 Å². The molecule has 2 saturated heterocycles. The van der Waals surface area contributed by atoms with Gasteiger partial charge in [-0.25, -0.2) is 0 Å². The molecule has 2 amide bonds. The van der Waals surface area contributed by atoms with Crippen molar-refractivity contribution in [2.75, 3.05) is 19.6 Å². The number of likely N-dealkylation sites (tertiary alicyclic amines) is 2. The lowest BCUT2D eigenvalue weighted by Crippen LogP contribution is -2.49.